The van der Waals surface area contributed by atoms with E-state index < -0.39 is 0 Å². The summed E-state index contributed by atoms with van der Waals surface area (Å²) in [7, 11) is 0. The molecule has 0 aliphatic carbocycles. The van der Waals surface area contributed by atoms with Gasteiger partial charge in [0.05, 0.1) is 0 Å². The van der Waals surface area contributed by atoms with Crippen molar-refractivity contribution in [3.63, 3.8) is 0 Å². The summed E-state index contributed by atoms with van der Waals surface area (Å²) in [6.07, 6.45) is 0.860. The third-order valence-electron chi connectivity index (χ3n) is 2.28. The van der Waals surface area contributed by atoms with E-state index in [4.69, 9.17) is 0 Å². The first-order valence-corrected chi connectivity index (χ1v) is 6.76. The van der Waals surface area contributed by atoms with Crippen molar-refractivity contribution in [3.05, 3.63) is 30.1 Å². The maximum absolute atomic E-state index is 12.7. The van der Waals surface area contributed by atoms with E-state index in [1.807, 2.05) is 19.1 Å². The van der Waals surface area contributed by atoms with Crippen LogP contribution in [0.4, 0.5) is 4.39 Å². The van der Waals surface area contributed by atoms with Crippen molar-refractivity contribution in [2.24, 2.45) is 0 Å². The number of rotatable bonds is 6. The minimum absolute atomic E-state index is 0.186. The first-order chi connectivity index (χ1) is 8.26. The Hall–Kier alpha value is -0.980. The van der Waals surface area contributed by atoms with E-state index in [0.29, 0.717) is 6.04 Å². The largest absolute Gasteiger partial charge is 0.312 e. The Balaban J connectivity index is 2.44. The van der Waals surface area contributed by atoms with Crippen LogP contribution < -0.4 is 5.32 Å². The topological polar surface area (TPSA) is 12.0 Å². The maximum atomic E-state index is 12.7. The van der Waals surface area contributed by atoms with Gasteiger partial charge in [0.15, 0.2) is 0 Å². The standard InChI is InChI=1S/C14H18FNS/c1-3-5-6-13(16-4-2)11-17-14-9-7-12(15)8-10-14/h7-10,13,16H,4,6,11H2,1-2H3. The van der Waals surface area contributed by atoms with Gasteiger partial charge in [-0.05, 0) is 37.7 Å². The molecule has 1 N–H and O–H groups in total. The molecular formula is C14H18FNS. The minimum Gasteiger partial charge on any atom is -0.312 e. The highest BCUT2D eigenvalue weighted by atomic mass is 32.2. The van der Waals surface area contributed by atoms with Crippen LogP contribution in [0.5, 0.6) is 0 Å². The Labute approximate surface area is 107 Å². The van der Waals surface area contributed by atoms with Gasteiger partial charge in [0, 0.05) is 23.1 Å². The van der Waals surface area contributed by atoms with E-state index >= 15 is 0 Å². The van der Waals surface area contributed by atoms with Crippen molar-refractivity contribution >= 4 is 11.8 Å². The third-order valence-corrected chi connectivity index (χ3v) is 3.46. The van der Waals surface area contributed by atoms with Gasteiger partial charge in [-0.1, -0.05) is 6.92 Å². The summed E-state index contributed by atoms with van der Waals surface area (Å²) in [5.74, 6) is 6.77. The molecule has 0 fully saturated rings. The maximum Gasteiger partial charge on any atom is 0.123 e. The van der Waals surface area contributed by atoms with Crippen molar-refractivity contribution in [3.8, 4) is 11.8 Å². The van der Waals surface area contributed by atoms with Gasteiger partial charge in [-0.2, -0.15) is 0 Å². The van der Waals surface area contributed by atoms with Gasteiger partial charge in [0.1, 0.15) is 5.82 Å². The van der Waals surface area contributed by atoms with Crippen molar-refractivity contribution in [1.82, 2.24) is 5.32 Å². The summed E-state index contributed by atoms with van der Waals surface area (Å²) in [6, 6.07) is 7.01. The van der Waals surface area contributed by atoms with Crippen LogP contribution in [0.3, 0.4) is 0 Å². The SMILES string of the molecule is CC#CCC(CSc1ccc(F)cc1)NCC. The molecule has 0 aliphatic heterocycles. The Morgan fingerprint density at radius 2 is 2.06 bits per heavy atom. The van der Waals surface area contributed by atoms with E-state index in [1.165, 1.54) is 12.1 Å². The van der Waals surface area contributed by atoms with Crippen LogP contribution in [0.25, 0.3) is 0 Å². The van der Waals surface area contributed by atoms with Gasteiger partial charge < -0.3 is 5.32 Å². The van der Waals surface area contributed by atoms with E-state index in [9.17, 15) is 4.39 Å². The molecule has 0 heterocycles. The van der Waals surface area contributed by atoms with Gasteiger partial charge in [0.25, 0.3) is 0 Å². The molecule has 1 aromatic rings. The van der Waals surface area contributed by atoms with E-state index in [-0.39, 0.29) is 5.82 Å². The van der Waals surface area contributed by atoms with Gasteiger partial charge in [0.2, 0.25) is 0 Å². The summed E-state index contributed by atoms with van der Waals surface area (Å²) in [5.41, 5.74) is 0. The predicted octanol–water partition coefficient (Wildman–Crippen LogP) is 3.31. The van der Waals surface area contributed by atoms with Gasteiger partial charge >= 0.3 is 0 Å². The monoisotopic (exact) mass is 251 g/mol. The minimum atomic E-state index is -0.186. The van der Waals surface area contributed by atoms with Crippen molar-refractivity contribution in [2.45, 2.75) is 31.2 Å². The number of hydrogen-bond acceptors (Lipinski definition) is 2. The molecule has 0 spiro atoms. The van der Waals surface area contributed by atoms with E-state index in [1.54, 1.807) is 11.8 Å². The fraction of sp³-hybridized carbons (Fsp3) is 0.429. The average Bonchev–Trinajstić information content (AvgIpc) is 2.35. The van der Waals surface area contributed by atoms with Crippen LogP contribution in [0.2, 0.25) is 0 Å². The molecule has 0 saturated carbocycles. The Morgan fingerprint density at radius 1 is 1.35 bits per heavy atom. The lowest BCUT2D eigenvalue weighted by Gasteiger charge is -2.14. The zero-order chi connectivity index (χ0) is 12.5. The molecule has 1 atom stereocenters. The number of benzene rings is 1. The zero-order valence-corrected chi connectivity index (χ0v) is 11.1. The second-order valence-corrected chi connectivity index (χ2v) is 4.74. The van der Waals surface area contributed by atoms with Crippen LogP contribution in [0.1, 0.15) is 20.3 Å². The molecule has 1 nitrogen and oxygen atoms in total. The van der Waals surface area contributed by atoms with E-state index in [2.05, 4.69) is 24.1 Å². The first-order valence-electron chi connectivity index (χ1n) is 5.77. The number of halogens is 1. The van der Waals surface area contributed by atoms with Gasteiger partial charge in [-0.3, -0.25) is 0 Å². The van der Waals surface area contributed by atoms with Crippen LogP contribution in [0, 0.1) is 17.7 Å². The Bertz CT molecular complexity index is 377. The highest BCUT2D eigenvalue weighted by Crippen LogP contribution is 2.19. The molecule has 0 bridgehead atoms. The number of thioether (sulfide) groups is 1. The summed E-state index contributed by atoms with van der Waals surface area (Å²) in [6.45, 7) is 4.89. The van der Waals surface area contributed by atoms with Crippen LogP contribution in [-0.2, 0) is 0 Å². The lowest BCUT2D eigenvalue weighted by Crippen LogP contribution is -2.30. The lowest BCUT2D eigenvalue weighted by atomic mass is 10.2. The fourth-order valence-electron chi connectivity index (χ4n) is 1.43. The summed E-state index contributed by atoms with van der Waals surface area (Å²) < 4.78 is 12.7. The normalized spacial score (nSPS) is 11.7. The molecule has 3 heteroatoms. The molecule has 92 valence electrons. The Morgan fingerprint density at radius 3 is 2.65 bits per heavy atom. The molecule has 0 aliphatic rings. The molecule has 0 aromatic heterocycles. The summed E-state index contributed by atoms with van der Waals surface area (Å²) in [4.78, 5) is 1.10. The summed E-state index contributed by atoms with van der Waals surface area (Å²) in [5, 5.41) is 3.40. The van der Waals surface area contributed by atoms with Crippen LogP contribution >= 0.6 is 11.8 Å². The van der Waals surface area contributed by atoms with Crippen LogP contribution in [0.15, 0.2) is 29.2 Å². The molecule has 1 rings (SSSR count). The molecular weight excluding hydrogens is 233 g/mol. The third kappa shape index (κ3) is 5.76. The molecule has 0 amide bonds. The first kappa shape index (κ1) is 14.1. The summed E-state index contributed by atoms with van der Waals surface area (Å²) >= 11 is 1.73. The lowest BCUT2D eigenvalue weighted by molar-refractivity contribution is 0.588. The fourth-order valence-corrected chi connectivity index (χ4v) is 2.39. The smallest absolute Gasteiger partial charge is 0.123 e. The van der Waals surface area contributed by atoms with Crippen LogP contribution in [-0.4, -0.2) is 18.3 Å². The highest BCUT2D eigenvalue weighted by Gasteiger charge is 2.06. The second kappa shape index (κ2) is 8.16. The molecule has 1 unspecified atom stereocenters. The highest BCUT2D eigenvalue weighted by molar-refractivity contribution is 7.99. The second-order valence-electron chi connectivity index (χ2n) is 3.65. The van der Waals surface area contributed by atoms with Gasteiger partial charge in [-0.25, -0.2) is 4.39 Å². The predicted molar refractivity (Wildman–Crippen MR) is 72.7 cm³/mol. The quantitative estimate of drug-likeness (QED) is 0.615. The van der Waals surface area contributed by atoms with Crippen molar-refractivity contribution in [2.75, 3.05) is 12.3 Å². The van der Waals surface area contributed by atoms with Crippen molar-refractivity contribution in [1.29, 1.82) is 0 Å². The molecule has 17 heavy (non-hydrogen) atoms. The van der Waals surface area contributed by atoms with Crippen molar-refractivity contribution < 1.29 is 4.39 Å². The number of nitrogens with one attached hydrogen (secondary N) is 1. The van der Waals surface area contributed by atoms with Gasteiger partial charge in [-0.15, -0.1) is 23.6 Å². The molecule has 1 aromatic carbocycles. The molecule has 0 radical (unpaired) electrons. The average molecular weight is 251 g/mol. The van der Waals surface area contributed by atoms with E-state index in [0.717, 1.165) is 23.6 Å². The molecule has 0 saturated heterocycles. The Kier molecular flexibility index (Phi) is 6.76. The number of hydrogen-bond donors (Lipinski definition) is 1. The zero-order valence-electron chi connectivity index (χ0n) is 10.3.